The Morgan fingerprint density at radius 3 is 2.41 bits per heavy atom. The Morgan fingerprint density at radius 1 is 1.29 bits per heavy atom. The highest BCUT2D eigenvalue weighted by molar-refractivity contribution is 5.20. The first kappa shape index (κ1) is 16.2. The largest absolute Gasteiger partial charge is 0.388 e. The fourth-order valence-electron chi connectivity index (χ4n) is 2.03. The molecule has 0 aromatic carbocycles. The van der Waals surface area contributed by atoms with Gasteiger partial charge >= 0.3 is 0 Å². The molecule has 0 fully saturated rings. The number of nitrogens with zero attached hydrogens (tertiary/aromatic N) is 1. The van der Waals surface area contributed by atoms with Crippen LogP contribution >= 0.6 is 0 Å². The molecule has 0 saturated carbocycles. The van der Waals surface area contributed by atoms with Crippen LogP contribution in [0.5, 0.6) is 0 Å². The van der Waals surface area contributed by atoms with Crippen LogP contribution in [0.4, 0.5) is 0 Å². The van der Waals surface area contributed by atoms with E-state index in [0.717, 1.165) is 6.42 Å². The van der Waals surface area contributed by atoms with Gasteiger partial charge in [0.1, 0.15) is 0 Å². The van der Waals surface area contributed by atoms with E-state index in [2.05, 4.69) is 27.4 Å². The van der Waals surface area contributed by atoms with Gasteiger partial charge in [0.25, 0.3) is 0 Å². The molecular formula is C15H27NO. The minimum atomic E-state index is -0.675. The number of nitriles is 1. The highest BCUT2D eigenvalue weighted by Gasteiger charge is 2.23. The average Bonchev–Trinajstić information content (AvgIpc) is 2.26. The van der Waals surface area contributed by atoms with Crippen molar-refractivity contribution in [2.45, 2.75) is 71.8 Å². The summed E-state index contributed by atoms with van der Waals surface area (Å²) in [6, 6.07) is 1.93. The van der Waals surface area contributed by atoms with E-state index in [0.29, 0.717) is 6.42 Å². The minimum absolute atomic E-state index is 0.0887. The second-order valence-electron chi connectivity index (χ2n) is 5.69. The van der Waals surface area contributed by atoms with Crippen LogP contribution in [-0.2, 0) is 0 Å². The van der Waals surface area contributed by atoms with E-state index < -0.39 is 6.10 Å². The molecule has 0 radical (unpaired) electrons. The lowest BCUT2D eigenvalue weighted by Crippen LogP contribution is -2.21. The normalized spacial score (nSPS) is 13.1. The third kappa shape index (κ3) is 7.99. The molecule has 1 unspecified atom stereocenters. The molecule has 0 heterocycles. The van der Waals surface area contributed by atoms with Gasteiger partial charge in [0, 0.05) is 0 Å². The molecule has 0 spiro atoms. The number of aliphatic hydroxyl groups excluding tert-OH is 1. The summed E-state index contributed by atoms with van der Waals surface area (Å²) in [5, 5.41) is 18.4. The second kappa shape index (κ2) is 8.31. The summed E-state index contributed by atoms with van der Waals surface area (Å²) >= 11 is 0. The molecule has 1 N–H and O–H groups in total. The Kier molecular flexibility index (Phi) is 7.91. The Balaban J connectivity index is 3.87. The molecule has 98 valence electrons. The highest BCUT2D eigenvalue weighted by Crippen LogP contribution is 2.30. The van der Waals surface area contributed by atoms with E-state index in [4.69, 9.17) is 5.26 Å². The van der Waals surface area contributed by atoms with Crippen molar-refractivity contribution >= 4 is 0 Å². The van der Waals surface area contributed by atoms with Crippen LogP contribution in [-0.4, -0.2) is 11.2 Å². The fourth-order valence-corrected chi connectivity index (χ4v) is 2.03. The van der Waals surface area contributed by atoms with Crippen LogP contribution < -0.4 is 0 Å². The van der Waals surface area contributed by atoms with Gasteiger partial charge in [-0.1, -0.05) is 59.5 Å². The topological polar surface area (TPSA) is 44.0 Å². The molecule has 0 amide bonds. The smallest absolute Gasteiger partial charge is 0.0968 e. The third-order valence-corrected chi connectivity index (χ3v) is 3.25. The summed E-state index contributed by atoms with van der Waals surface area (Å²) in [5.74, 6) is 0. The molecule has 2 nitrogen and oxygen atoms in total. The molecule has 0 aliphatic heterocycles. The molecule has 0 aromatic heterocycles. The minimum Gasteiger partial charge on any atom is -0.388 e. The molecule has 0 rings (SSSR count). The van der Waals surface area contributed by atoms with Gasteiger partial charge in [0.15, 0.2) is 0 Å². The van der Waals surface area contributed by atoms with Crippen LogP contribution in [0.25, 0.3) is 0 Å². The van der Waals surface area contributed by atoms with E-state index in [9.17, 15) is 5.11 Å². The summed E-state index contributed by atoms with van der Waals surface area (Å²) in [7, 11) is 0. The predicted octanol–water partition coefficient (Wildman–Crippen LogP) is 4.20. The number of hydrogen-bond donors (Lipinski definition) is 1. The lowest BCUT2D eigenvalue weighted by Gasteiger charge is -2.27. The predicted molar refractivity (Wildman–Crippen MR) is 72.5 cm³/mol. The zero-order valence-electron chi connectivity index (χ0n) is 11.6. The summed E-state index contributed by atoms with van der Waals surface area (Å²) in [4.78, 5) is 0. The maximum absolute atomic E-state index is 9.77. The van der Waals surface area contributed by atoms with Gasteiger partial charge in [-0.05, 0) is 18.3 Å². The summed E-state index contributed by atoms with van der Waals surface area (Å²) < 4.78 is 0. The van der Waals surface area contributed by atoms with Crippen LogP contribution in [0.1, 0.15) is 65.7 Å². The van der Waals surface area contributed by atoms with Crippen LogP contribution in [0, 0.1) is 16.7 Å². The van der Waals surface area contributed by atoms with E-state index in [1.54, 1.807) is 0 Å². The first-order valence-corrected chi connectivity index (χ1v) is 6.70. The van der Waals surface area contributed by atoms with Crippen molar-refractivity contribution in [2.24, 2.45) is 5.41 Å². The molecule has 17 heavy (non-hydrogen) atoms. The van der Waals surface area contributed by atoms with Gasteiger partial charge in [-0.2, -0.15) is 5.26 Å². The lowest BCUT2D eigenvalue weighted by molar-refractivity contribution is 0.139. The van der Waals surface area contributed by atoms with Gasteiger partial charge in [-0.25, -0.2) is 0 Å². The second-order valence-corrected chi connectivity index (χ2v) is 5.69. The maximum Gasteiger partial charge on any atom is 0.0968 e. The Hall–Kier alpha value is -0.810. The molecule has 0 saturated heterocycles. The molecular weight excluding hydrogens is 210 g/mol. The summed E-state index contributed by atoms with van der Waals surface area (Å²) in [6.07, 6.45) is 7.43. The Labute approximate surface area is 106 Å². The van der Waals surface area contributed by atoms with E-state index in [1.165, 1.54) is 32.1 Å². The third-order valence-electron chi connectivity index (χ3n) is 3.25. The molecule has 0 aliphatic carbocycles. The van der Waals surface area contributed by atoms with Crippen molar-refractivity contribution in [1.82, 2.24) is 0 Å². The molecule has 0 bridgehead atoms. The summed E-state index contributed by atoms with van der Waals surface area (Å²) in [6.45, 7) is 10.1. The van der Waals surface area contributed by atoms with E-state index >= 15 is 0 Å². The lowest BCUT2D eigenvalue weighted by atomic mass is 9.80. The monoisotopic (exact) mass is 237 g/mol. The number of unbranched alkanes of at least 4 members (excludes halogenated alkanes) is 4. The van der Waals surface area contributed by atoms with Crippen molar-refractivity contribution in [1.29, 1.82) is 5.26 Å². The zero-order chi connectivity index (χ0) is 13.3. The van der Waals surface area contributed by atoms with Gasteiger partial charge in [0.05, 0.1) is 17.7 Å². The standard InChI is InChI=1S/C15H27NO/c1-5-6-7-8-9-10-15(3,4)11-14(17)13(2)12-16/h14,17H,2,5-11H2,1,3-4H3. The average molecular weight is 237 g/mol. The Morgan fingerprint density at radius 2 is 1.88 bits per heavy atom. The van der Waals surface area contributed by atoms with Crippen molar-refractivity contribution in [2.75, 3.05) is 0 Å². The quantitative estimate of drug-likeness (QED) is 0.482. The molecule has 1 atom stereocenters. The number of aliphatic hydroxyl groups is 1. The molecule has 0 aliphatic rings. The van der Waals surface area contributed by atoms with Crippen molar-refractivity contribution in [3.05, 3.63) is 12.2 Å². The SMILES string of the molecule is C=C(C#N)C(O)CC(C)(C)CCCCCCC. The van der Waals surface area contributed by atoms with Crippen molar-refractivity contribution in [3.8, 4) is 6.07 Å². The Bertz CT molecular complexity index is 263. The van der Waals surface area contributed by atoms with Crippen LogP contribution in [0.3, 0.4) is 0 Å². The first-order valence-electron chi connectivity index (χ1n) is 6.70. The van der Waals surface area contributed by atoms with Crippen LogP contribution in [0.2, 0.25) is 0 Å². The van der Waals surface area contributed by atoms with E-state index in [1.807, 2.05) is 6.07 Å². The molecule has 0 aromatic rings. The van der Waals surface area contributed by atoms with Crippen molar-refractivity contribution in [3.63, 3.8) is 0 Å². The van der Waals surface area contributed by atoms with Crippen LogP contribution in [0.15, 0.2) is 12.2 Å². The number of hydrogen-bond acceptors (Lipinski definition) is 2. The highest BCUT2D eigenvalue weighted by atomic mass is 16.3. The van der Waals surface area contributed by atoms with E-state index in [-0.39, 0.29) is 11.0 Å². The van der Waals surface area contributed by atoms with Crippen molar-refractivity contribution < 1.29 is 5.11 Å². The molecule has 2 heteroatoms. The summed E-state index contributed by atoms with van der Waals surface area (Å²) in [5.41, 5.74) is 0.370. The maximum atomic E-state index is 9.77. The van der Waals surface area contributed by atoms with Gasteiger partial charge in [-0.3, -0.25) is 0 Å². The van der Waals surface area contributed by atoms with Gasteiger partial charge in [-0.15, -0.1) is 0 Å². The van der Waals surface area contributed by atoms with Gasteiger partial charge < -0.3 is 5.11 Å². The first-order chi connectivity index (χ1) is 7.93. The zero-order valence-corrected chi connectivity index (χ0v) is 11.6. The number of rotatable bonds is 9. The van der Waals surface area contributed by atoms with Gasteiger partial charge in [0.2, 0.25) is 0 Å². The fraction of sp³-hybridized carbons (Fsp3) is 0.800.